The number of aromatic hydroxyl groups is 18. The summed E-state index contributed by atoms with van der Waals surface area (Å²) in [6.45, 7) is 16.2. The van der Waals surface area contributed by atoms with Gasteiger partial charge < -0.3 is 91.9 Å². The molecule has 8 aromatic rings. The molecule has 92 heavy (non-hydrogen) atoms. The fraction of sp³-hybridized carbons (Fsp3) is 0.314. The molecule has 0 radical (unpaired) electrons. The number of phenolic OH excluding ortho intramolecular Hbond substituents is 18. The second-order valence-corrected chi connectivity index (χ2v) is 29.1. The van der Waals surface area contributed by atoms with Gasteiger partial charge >= 0.3 is 0 Å². The Morgan fingerprint density at radius 2 is 0.543 bits per heavy atom. The van der Waals surface area contributed by atoms with E-state index >= 15 is 0 Å². The van der Waals surface area contributed by atoms with Crippen LogP contribution in [0.5, 0.6) is 103 Å². The molecule has 0 unspecified atom stereocenters. The molecule has 18 N–H and O–H groups in total. The Morgan fingerprint density at radius 3 is 0.880 bits per heavy atom. The predicted molar refractivity (Wildman–Crippen MR) is 357 cm³/mol. The minimum Gasteiger partial charge on any atom is -0.508 e. The van der Waals surface area contributed by atoms with Crippen LogP contribution in [0.15, 0.2) is 136 Å². The number of rotatable bonds is 10. The first-order valence-electron chi connectivity index (χ1n) is 29.6. The van der Waals surface area contributed by atoms with Crippen LogP contribution in [0, 0.1) is 13.8 Å². The van der Waals surface area contributed by atoms with Crippen molar-refractivity contribution < 1.29 is 91.9 Å². The lowest BCUT2D eigenvalue weighted by Gasteiger charge is -2.27. The SMILES string of the molecule is CC(C)(C)c1cc(O)c(O)cc1Sc1cc(O)c(O)cc1C(C)(C)C.Cc1cc(Sc2cc(C)c(O)cc2C2CCCCC2)c(C2CCCCC2)cc1O.Oc1cc(O)c(Sc2cc(O)c(O)cc2O)cc1O.Oc1ccc(Sc2ccc(O)c(O)c2O)c(O)c1O. The highest BCUT2D eigenvalue weighted by Gasteiger charge is 2.28. The standard InChI is InChI=1S/C26H34O2S.C20H26O4S.2C12H10O6S/c1-17-13-25(21(15-23(17)27)19-9-5-3-6-10-19)29-26-14-18(2)24(28)16-22(26)20-11-7-4-8-12-20;1-19(2,3)11-7-13(21)15(23)9-17(11)25-18-10-16(24)14(22)8-12(18)20(4,5)6;13-5-1-9(17)11(3-7(5)15)19-12-4-8(16)6(14)2-10(12)18;13-5-1-3-7(11(17)9(5)15)19-8-4-2-6(14)10(16)12(8)18/h13-16,19-20,27-28H,3-12H2,1-2H3;7-10,21-24H,1-6H3;2*1-4,13-18H. The van der Waals surface area contributed by atoms with Crippen molar-refractivity contribution in [1.29, 1.82) is 0 Å². The molecule has 10 rings (SSSR count). The molecule has 0 saturated heterocycles. The van der Waals surface area contributed by atoms with Crippen molar-refractivity contribution in [2.75, 3.05) is 0 Å². The third kappa shape index (κ3) is 17.6. The topological polar surface area (TPSA) is 364 Å². The smallest absolute Gasteiger partial charge is 0.201 e. The second-order valence-electron chi connectivity index (χ2n) is 24.8. The zero-order valence-electron chi connectivity index (χ0n) is 52.1. The summed E-state index contributed by atoms with van der Waals surface area (Å²) in [5.74, 6) is -4.52. The second kappa shape index (κ2) is 29.9. The summed E-state index contributed by atoms with van der Waals surface area (Å²) in [6.07, 6.45) is 12.7. The van der Waals surface area contributed by atoms with E-state index in [4.69, 9.17) is 0 Å². The van der Waals surface area contributed by atoms with Crippen LogP contribution in [0.4, 0.5) is 0 Å². The van der Waals surface area contributed by atoms with Gasteiger partial charge in [0.05, 0.1) is 19.6 Å². The molecule has 8 aromatic carbocycles. The maximum Gasteiger partial charge on any atom is 0.201 e. The third-order valence-corrected chi connectivity index (χ3v) is 20.1. The molecule has 0 atom stereocenters. The molecule has 22 heteroatoms. The Kier molecular flexibility index (Phi) is 23.1. The van der Waals surface area contributed by atoms with Crippen molar-refractivity contribution in [3.63, 3.8) is 0 Å². The van der Waals surface area contributed by atoms with Gasteiger partial charge in [0.25, 0.3) is 0 Å². The minimum absolute atomic E-state index is 0.154. The molecule has 2 aliphatic rings. The van der Waals surface area contributed by atoms with E-state index in [1.807, 2.05) is 79.3 Å². The summed E-state index contributed by atoms with van der Waals surface area (Å²) in [5, 5.41) is 173. The molecule has 492 valence electrons. The Hall–Kier alpha value is -8.44. The number of phenols is 18. The molecular weight excluding hydrogens is 1260 g/mol. The zero-order chi connectivity index (χ0) is 67.8. The molecular formula is C70H80O18S4. The molecule has 0 spiro atoms. The maximum atomic E-state index is 10.4. The highest BCUT2D eigenvalue weighted by molar-refractivity contribution is 8.00. The third-order valence-electron chi connectivity index (χ3n) is 15.7. The first-order chi connectivity index (χ1) is 43.1. The van der Waals surface area contributed by atoms with Gasteiger partial charge in [-0.05, 0) is 168 Å². The highest BCUT2D eigenvalue weighted by Crippen LogP contribution is 2.52. The molecule has 0 bridgehead atoms. The average molecular weight is 1340 g/mol. The van der Waals surface area contributed by atoms with Crippen LogP contribution in [-0.4, -0.2) is 91.9 Å². The van der Waals surface area contributed by atoms with Gasteiger partial charge in [-0.2, -0.15) is 0 Å². The first-order valence-corrected chi connectivity index (χ1v) is 32.9. The Labute approximate surface area is 551 Å². The summed E-state index contributed by atoms with van der Waals surface area (Å²) in [4.78, 5) is 4.80. The van der Waals surface area contributed by atoms with Crippen molar-refractivity contribution in [3.8, 4) is 103 Å². The molecule has 0 aromatic heterocycles. The normalized spacial score (nSPS) is 13.7. The summed E-state index contributed by atoms with van der Waals surface area (Å²) < 4.78 is 0. The Morgan fingerprint density at radius 1 is 0.261 bits per heavy atom. The van der Waals surface area contributed by atoms with E-state index < -0.39 is 57.5 Å². The lowest BCUT2D eigenvalue weighted by atomic mass is 9.83. The van der Waals surface area contributed by atoms with Gasteiger partial charge in [-0.15, -0.1) is 0 Å². The van der Waals surface area contributed by atoms with Gasteiger partial charge in [0.15, 0.2) is 69.0 Å². The molecule has 2 aliphatic carbocycles. The van der Waals surface area contributed by atoms with Crippen LogP contribution >= 0.6 is 47.0 Å². The average Bonchev–Trinajstić information content (AvgIpc) is 0.813. The van der Waals surface area contributed by atoms with E-state index in [9.17, 15) is 91.9 Å². The fourth-order valence-electron chi connectivity index (χ4n) is 10.5. The monoisotopic (exact) mass is 1340 g/mol. The van der Waals surface area contributed by atoms with Gasteiger partial charge in [0.1, 0.15) is 23.0 Å². The van der Waals surface area contributed by atoms with Gasteiger partial charge in [-0.25, -0.2) is 0 Å². The molecule has 0 amide bonds. The van der Waals surface area contributed by atoms with E-state index in [1.165, 1.54) is 133 Å². The summed E-state index contributed by atoms with van der Waals surface area (Å²) >= 11 is 4.94. The molecule has 0 aliphatic heterocycles. The van der Waals surface area contributed by atoms with Crippen molar-refractivity contribution in [3.05, 3.63) is 130 Å². The van der Waals surface area contributed by atoms with Crippen LogP contribution < -0.4 is 0 Å². The Bertz CT molecular complexity index is 3710. The quantitative estimate of drug-likeness (QED) is 0.0447. The van der Waals surface area contributed by atoms with Crippen molar-refractivity contribution in [2.24, 2.45) is 0 Å². The Balaban J connectivity index is 0.000000177. The number of benzene rings is 8. The zero-order valence-corrected chi connectivity index (χ0v) is 55.4. The predicted octanol–water partition coefficient (Wildman–Crippen LogP) is 17.4. The van der Waals surface area contributed by atoms with Gasteiger partial charge in [-0.1, -0.05) is 127 Å². The number of hydrogen-bond donors (Lipinski definition) is 18. The fourth-order valence-corrected chi connectivity index (χ4v) is 15.2. The van der Waals surface area contributed by atoms with E-state index in [0.29, 0.717) is 23.3 Å². The molecule has 18 nitrogen and oxygen atoms in total. The van der Waals surface area contributed by atoms with Crippen LogP contribution in [0.1, 0.15) is 151 Å². The van der Waals surface area contributed by atoms with E-state index in [0.717, 1.165) is 79.8 Å². The van der Waals surface area contributed by atoms with E-state index in [1.54, 1.807) is 12.1 Å². The minimum atomic E-state index is -0.674. The van der Waals surface area contributed by atoms with Gasteiger partial charge in [0.2, 0.25) is 11.5 Å². The van der Waals surface area contributed by atoms with Crippen LogP contribution in [-0.2, 0) is 10.8 Å². The lowest BCUT2D eigenvalue weighted by molar-refractivity contribution is 0.360. The van der Waals surface area contributed by atoms with Crippen molar-refractivity contribution >= 4 is 47.0 Å². The maximum absolute atomic E-state index is 10.4. The van der Waals surface area contributed by atoms with Crippen molar-refractivity contribution in [1.82, 2.24) is 0 Å². The molecule has 0 heterocycles. The molecule has 2 saturated carbocycles. The van der Waals surface area contributed by atoms with Gasteiger partial charge in [0, 0.05) is 43.8 Å². The van der Waals surface area contributed by atoms with E-state index in [-0.39, 0.29) is 64.9 Å². The number of aryl methyl sites for hydroxylation is 2. The first kappa shape index (κ1) is 71.0. The summed E-state index contributed by atoms with van der Waals surface area (Å²) in [5.41, 5.74) is 5.82. The largest absolute Gasteiger partial charge is 0.508 e. The van der Waals surface area contributed by atoms with Crippen LogP contribution in [0.3, 0.4) is 0 Å². The van der Waals surface area contributed by atoms with Crippen LogP contribution in [0.2, 0.25) is 0 Å². The highest BCUT2D eigenvalue weighted by atomic mass is 32.2. The van der Waals surface area contributed by atoms with Crippen LogP contribution in [0.25, 0.3) is 0 Å². The van der Waals surface area contributed by atoms with Gasteiger partial charge in [-0.3, -0.25) is 0 Å². The number of hydrogen-bond acceptors (Lipinski definition) is 22. The molecule has 2 fully saturated rings. The lowest BCUT2D eigenvalue weighted by Crippen LogP contribution is -2.14. The van der Waals surface area contributed by atoms with Crippen molar-refractivity contribution in [2.45, 2.75) is 181 Å². The van der Waals surface area contributed by atoms with E-state index in [2.05, 4.69) is 12.1 Å². The summed E-state index contributed by atoms with van der Waals surface area (Å²) in [6, 6.07) is 23.8. The summed E-state index contributed by atoms with van der Waals surface area (Å²) in [7, 11) is 0.